The van der Waals surface area contributed by atoms with Crippen molar-refractivity contribution in [2.24, 2.45) is 5.92 Å². The number of hydrogen-bond donors (Lipinski definition) is 0. The van der Waals surface area contributed by atoms with Crippen LogP contribution in [0.1, 0.15) is 23.6 Å². The van der Waals surface area contributed by atoms with Crippen LogP contribution in [0.4, 0.5) is 13.2 Å². The number of benzene rings is 1. The number of piperidine rings is 1. The van der Waals surface area contributed by atoms with E-state index >= 15 is 0 Å². The van der Waals surface area contributed by atoms with Crippen LogP contribution in [0.2, 0.25) is 0 Å². The molecule has 2 aromatic rings. The van der Waals surface area contributed by atoms with E-state index < -0.39 is 17.7 Å². The van der Waals surface area contributed by atoms with Crippen LogP contribution in [-0.2, 0) is 22.3 Å². The highest BCUT2D eigenvalue weighted by atomic mass is 32.2. The zero-order valence-corrected chi connectivity index (χ0v) is 17.7. The van der Waals surface area contributed by atoms with E-state index in [0.717, 1.165) is 36.0 Å². The molecule has 0 saturated carbocycles. The van der Waals surface area contributed by atoms with Crippen molar-refractivity contribution in [1.82, 2.24) is 9.47 Å². The Kier molecular flexibility index (Phi) is 6.07. The molecular formula is C22H20F3N2O4S-. The third-order valence-corrected chi connectivity index (χ3v) is 6.79. The lowest BCUT2D eigenvalue weighted by Gasteiger charge is -2.43. The quantitative estimate of drug-likeness (QED) is 0.675. The fourth-order valence-corrected chi connectivity index (χ4v) is 5.17. The Balaban J connectivity index is 1.57. The van der Waals surface area contributed by atoms with Crippen molar-refractivity contribution < 1.29 is 27.9 Å². The number of rotatable bonds is 5. The van der Waals surface area contributed by atoms with Crippen molar-refractivity contribution in [3.8, 4) is 11.1 Å². The molecule has 4 rings (SSSR count). The first-order valence-electron chi connectivity index (χ1n) is 10.1. The molecule has 2 atom stereocenters. The van der Waals surface area contributed by atoms with Crippen molar-refractivity contribution in [3.63, 3.8) is 0 Å². The first kappa shape index (κ1) is 22.4. The number of carboxylic acids is 1. The number of pyridine rings is 1. The largest absolute Gasteiger partial charge is 0.549 e. The van der Waals surface area contributed by atoms with E-state index in [9.17, 15) is 32.7 Å². The molecule has 6 nitrogen and oxygen atoms in total. The lowest BCUT2D eigenvalue weighted by atomic mass is 9.82. The number of amides is 1. The molecule has 1 aromatic heterocycles. The third kappa shape index (κ3) is 4.55. The molecule has 1 amide bonds. The fourth-order valence-electron chi connectivity index (χ4n) is 4.55. The molecule has 32 heavy (non-hydrogen) atoms. The van der Waals surface area contributed by atoms with Crippen molar-refractivity contribution >= 4 is 23.6 Å². The summed E-state index contributed by atoms with van der Waals surface area (Å²) < 4.78 is 40.9. The predicted octanol–water partition coefficient (Wildman–Crippen LogP) is 1.96. The average Bonchev–Trinajstić information content (AvgIpc) is 2.73. The number of fused-ring (bicyclic) bond motifs is 4. The van der Waals surface area contributed by atoms with Gasteiger partial charge >= 0.3 is 6.18 Å². The molecule has 0 N–H and O–H groups in total. The minimum atomic E-state index is -4.49. The summed E-state index contributed by atoms with van der Waals surface area (Å²) in [6.07, 6.45) is -3.68. The van der Waals surface area contributed by atoms with E-state index in [1.54, 1.807) is 21.6 Å². The molecule has 170 valence electrons. The molecule has 0 radical (unpaired) electrons. The highest BCUT2D eigenvalue weighted by Gasteiger charge is 2.37. The summed E-state index contributed by atoms with van der Waals surface area (Å²) in [7, 11) is 0. The zero-order chi connectivity index (χ0) is 23.0. The van der Waals surface area contributed by atoms with Crippen LogP contribution in [-0.4, -0.2) is 45.9 Å². The van der Waals surface area contributed by atoms with Gasteiger partial charge in [-0.1, -0.05) is 12.1 Å². The summed E-state index contributed by atoms with van der Waals surface area (Å²) in [4.78, 5) is 37.9. The van der Waals surface area contributed by atoms with E-state index in [2.05, 4.69) is 0 Å². The Bertz CT molecular complexity index is 1120. The van der Waals surface area contributed by atoms with Crippen molar-refractivity contribution in [3.05, 3.63) is 58.0 Å². The Morgan fingerprint density at radius 1 is 1.09 bits per heavy atom. The molecule has 0 spiro atoms. The second-order valence-electron chi connectivity index (χ2n) is 8.13. The van der Waals surface area contributed by atoms with Crippen LogP contribution in [0.5, 0.6) is 0 Å². The van der Waals surface area contributed by atoms with E-state index in [4.69, 9.17) is 0 Å². The number of carboxylic acid groups (broad SMARTS) is 1. The monoisotopic (exact) mass is 465 g/mol. The second-order valence-corrected chi connectivity index (χ2v) is 9.11. The van der Waals surface area contributed by atoms with E-state index in [0.29, 0.717) is 19.6 Å². The van der Waals surface area contributed by atoms with Gasteiger partial charge in [-0.25, -0.2) is 0 Å². The number of carbonyl (C=O) groups excluding carboxylic acids is 2. The number of aromatic nitrogens is 1. The summed E-state index contributed by atoms with van der Waals surface area (Å²) in [5.41, 5.74) is 0.0615. The highest BCUT2D eigenvalue weighted by molar-refractivity contribution is 8.00. The van der Waals surface area contributed by atoms with E-state index in [-0.39, 0.29) is 45.9 Å². The first-order valence-corrected chi connectivity index (χ1v) is 11.3. The summed E-state index contributed by atoms with van der Waals surface area (Å²) >= 11 is 0.993. The van der Waals surface area contributed by atoms with Gasteiger partial charge in [0.25, 0.3) is 5.56 Å². The van der Waals surface area contributed by atoms with Crippen LogP contribution in [0.25, 0.3) is 11.1 Å². The number of thioether (sulfide) groups is 1. The van der Waals surface area contributed by atoms with Crippen LogP contribution < -0.4 is 10.7 Å². The molecule has 2 aliphatic heterocycles. The summed E-state index contributed by atoms with van der Waals surface area (Å²) in [6.45, 7) is 1.26. The van der Waals surface area contributed by atoms with Crippen LogP contribution in [0.15, 0.2) is 41.2 Å². The predicted molar refractivity (Wildman–Crippen MR) is 111 cm³/mol. The lowest BCUT2D eigenvalue weighted by Crippen LogP contribution is -2.49. The van der Waals surface area contributed by atoms with E-state index in [1.807, 2.05) is 0 Å². The van der Waals surface area contributed by atoms with Gasteiger partial charge in [-0.15, -0.1) is 11.8 Å². The van der Waals surface area contributed by atoms with Gasteiger partial charge in [0, 0.05) is 42.6 Å². The number of alkyl halides is 3. The van der Waals surface area contributed by atoms with Crippen LogP contribution >= 0.6 is 11.8 Å². The average molecular weight is 465 g/mol. The Morgan fingerprint density at radius 2 is 1.88 bits per heavy atom. The van der Waals surface area contributed by atoms with Gasteiger partial charge in [0.1, 0.15) is 0 Å². The van der Waals surface area contributed by atoms with Crippen LogP contribution in [0.3, 0.4) is 0 Å². The number of carbonyl (C=O) groups is 2. The normalized spacial score (nSPS) is 20.0. The lowest BCUT2D eigenvalue weighted by molar-refractivity contribution is -0.301. The van der Waals surface area contributed by atoms with Gasteiger partial charge in [-0.3, -0.25) is 9.59 Å². The van der Waals surface area contributed by atoms with E-state index in [1.165, 1.54) is 12.1 Å². The number of likely N-dealkylation sites (tertiary alicyclic amines) is 1. The number of nitrogens with zero attached hydrogens (tertiary/aromatic N) is 2. The molecule has 2 bridgehead atoms. The zero-order valence-electron chi connectivity index (χ0n) is 16.9. The molecule has 10 heteroatoms. The standard InChI is InChI=1S/C22H21F3N2O4S/c23-22(24,25)16-3-1-2-14(7-16)17-4-5-18-15-6-13(9-27(18)21(17)31)8-26(10-15)19(28)11-32-12-20(29)30/h1-5,7,13,15H,6,8-12H2,(H,29,30)/p-1/t13-,15+/m0/s1. The van der Waals surface area contributed by atoms with Crippen molar-refractivity contribution in [1.29, 1.82) is 0 Å². The molecule has 3 heterocycles. The maximum Gasteiger partial charge on any atom is 0.416 e. The first-order chi connectivity index (χ1) is 15.1. The Hall–Kier alpha value is -2.75. The van der Waals surface area contributed by atoms with Crippen molar-refractivity contribution in [2.45, 2.75) is 25.1 Å². The molecule has 1 fully saturated rings. The summed E-state index contributed by atoms with van der Waals surface area (Å²) in [6, 6.07) is 8.06. The SMILES string of the molecule is O=C([O-])CSCC(=O)N1C[C@@H]2C[C@H](C1)c1ccc(-c3cccc(C(F)(F)F)c3)c(=O)n1C2. The molecule has 1 aromatic carbocycles. The minimum absolute atomic E-state index is 0.0470. The minimum Gasteiger partial charge on any atom is -0.549 e. The molecule has 0 aliphatic carbocycles. The fraction of sp³-hybridized carbons (Fsp3) is 0.409. The molecule has 0 unspecified atom stereocenters. The maximum absolute atomic E-state index is 13.2. The van der Waals surface area contributed by atoms with Gasteiger partial charge in [-0.2, -0.15) is 13.2 Å². The smallest absolute Gasteiger partial charge is 0.416 e. The molecule has 1 saturated heterocycles. The second kappa shape index (κ2) is 8.65. The van der Waals surface area contributed by atoms with Gasteiger partial charge in [0.2, 0.25) is 5.91 Å². The van der Waals surface area contributed by atoms with Crippen molar-refractivity contribution in [2.75, 3.05) is 24.6 Å². The molecule has 2 aliphatic rings. The van der Waals surface area contributed by atoms with Crippen LogP contribution in [0, 0.1) is 5.92 Å². The van der Waals surface area contributed by atoms with Gasteiger partial charge < -0.3 is 19.4 Å². The third-order valence-electron chi connectivity index (χ3n) is 5.90. The topological polar surface area (TPSA) is 82.4 Å². The summed E-state index contributed by atoms with van der Waals surface area (Å²) in [5, 5.41) is 10.5. The summed E-state index contributed by atoms with van der Waals surface area (Å²) in [5.74, 6) is -1.57. The number of hydrogen-bond acceptors (Lipinski definition) is 5. The highest BCUT2D eigenvalue weighted by Crippen LogP contribution is 2.36. The van der Waals surface area contributed by atoms with Gasteiger partial charge in [0.15, 0.2) is 0 Å². The number of halogens is 3. The van der Waals surface area contributed by atoms with Gasteiger partial charge in [0.05, 0.1) is 17.3 Å². The Labute approximate surface area is 186 Å². The molecular weight excluding hydrogens is 445 g/mol. The van der Waals surface area contributed by atoms with Gasteiger partial charge in [-0.05, 0) is 42.2 Å². The maximum atomic E-state index is 13.2. The Morgan fingerprint density at radius 3 is 2.59 bits per heavy atom. The number of aliphatic carboxylic acids is 1.